The van der Waals surface area contributed by atoms with Gasteiger partial charge in [0.05, 0.1) is 6.61 Å². The van der Waals surface area contributed by atoms with Crippen LogP contribution in [0.2, 0.25) is 0 Å². The van der Waals surface area contributed by atoms with Crippen molar-refractivity contribution in [2.45, 2.75) is 64.6 Å². The van der Waals surface area contributed by atoms with Gasteiger partial charge in [0.1, 0.15) is 0 Å². The van der Waals surface area contributed by atoms with Gasteiger partial charge in [0.2, 0.25) is 0 Å². The lowest BCUT2D eigenvalue weighted by atomic mass is 10.1. The molecule has 0 spiro atoms. The molecule has 2 unspecified atom stereocenters. The topological polar surface area (TPSA) is 24.5 Å². The Kier molecular flexibility index (Phi) is 7.09. The Bertz CT molecular complexity index is 195. The summed E-state index contributed by atoms with van der Waals surface area (Å²) in [5, 5.41) is 3.58. The lowest BCUT2D eigenvalue weighted by Gasteiger charge is -2.31. The van der Waals surface area contributed by atoms with Gasteiger partial charge in [0.15, 0.2) is 0 Å². The fourth-order valence-electron chi connectivity index (χ4n) is 2.49. The van der Waals surface area contributed by atoms with E-state index in [1.54, 1.807) is 7.11 Å². The Morgan fingerprint density at radius 2 is 2.06 bits per heavy atom. The van der Waals surface area contributed by atoms with Crippen LogP contribution in [0.1, 0.15) is 46.5 Å². The van der Waals surface area contributed by atoms with Crippen LogP contribution >= 0.6 is 0 Å². The maximum Gasteiger partial charge on any atom is 0.0589 e. The summed E-state index contributed by atoms with van der Waals surface area (Å²) in [5.41, 5.74) is 0. The van der Waals surface area contributed by atoms with Crippen molar-refractivity contribution in [2.75, 3.05) is 26.8 Å². The van der Waals surface area contributed by atoms with Crippen LogP contribution in [0, 0.1) is 0 Å². The van der Waals surface area contributed by atoms with Gasteiger partial charge in [-0.3, -0.25) is 4.90 Å². The second kappa shape index (κ2) is 8.06. The smallest absolute Gasteiger partial charge is 0.0589 e. The Morgan fingerprint density at radius 3 is 2.59 bits per heavy atom. The second-order valence-electron chi connectivity index (χ2n) is 5.40. The average Bonchev–Trinajstić information content (AvgIpc) is 3.11. The van der Waals surface area contributed by atoms with Gasteiger partial charge < -0.3 is 10.1 Å². The number of methoxy groups -OCH3 is 1. The van der Waals surface area contributed by atoms with E-state index in [0.717, 1.165) is 25.7 Å². The minimum Gasteiger partial charge on any atom is -0.383 e. The normalized spacial score (nSPS) is 19.6. The summed E-state index contributed by atoms with van der Waals surface area (Å²) in [4.78, 5) is 2.63. The molecule has 1 N–H and O–H groups in total. The first kappa shape index (κ1) is 14.9. The molecule has 0 saturated heterocycles. The van der Waals surface area contributed by atoms with E-state index in [-0.39, 0.29) is 0 Å². The Hall–Kier alpha value is -0.120. The highest BCUT2D eigenvalue weighted by Crippen LogP contribution is 2.29. The number of nitrogens with one attached hydrogen (secondary N) is 1. The first-order valence-electron chi connectivity index (χ1n) is 7.17. The fraction of sp³-hybridized carbons (Fsp3) is 1.00. The van der Waals surface area contributed by atoms with Crippen LogP contribution in [-0.4, -0.2) is 49.8 Å². The Balaban J connectivity index is 2.28. The van der Waals surface area contributed by atoms with Crippen molar-refractivity contribution >= 4 is 0 Å². The molecule has 3 heteroatoms. The van der Waals surface area contributed by atoms with Crippen molar-refractivity contribution in [1.82, 2.24) is 10.2 Å². The summed E-state index contributed by atoms with van der Waals surface area (Å²) >= 11 is 0. The molecular weight excluding hydrogens is 212 g/mol. The molecule has 3 nitrogen and oxygen atoms in total. The van der Waals surface area contributed by atoms with Crippen molar-refractivity contribution in [3.63, 3.8) is 0 Å². The van der Waals surface area contributed by atoms with Crippen LogP contribution < -0.4 is 5.32 Å². The van der Waals surface area contributed by atoms with Gasteiger partial charge >= 0.3 is 0 Å². The molecule has 17 heavy (non-hydrogen) atoms. The zero-order valence-corrected chi connectivity index (χ0v) is 12.0. The lowest BCUT2D eigenvalue weighted by Crippen LogP contribution is -2.41. The van der Waals surface area contributed by atoms with E-state index < -0.39 is 0 Å². The Labute approximate surface area is 107 Å². The highest BCUT2D eigenvalue weighted by atomic mass is 16.5. The number of ether oxygens (including phenoxy) is 1. The van der Waals surface area contributed by atoms with Crippen LogP contribution in [0.4, 0.5) is 0 Å². The first-order valence-corrected chi connectivity index (χ1v) is 7.17. The van der Waals surface area contributed by atoms with Crippen LogP contribution in [0.5, 0.6) is 0 Å². The van der Waals surface area contributed by atoms with E-state index in [1.807, 2.05) is 0 Å². The highest BCUT2D eigenvalue weighted by molar-refractivity contribution is 4.88. The largest absolute Gasteiger partial charge is 0.383 e. The SMILES string of the molecule is CCCNC(C)CC(C)N(CCOC)C1CC1. The third-order valence-corrected chi connectivity index (χ3v) is 3.57. The number of hydrogen-bond donors (Lipinski definition) is 1. The van der Waals surface area contributed by atoms with E-state index in [1.165, 1.54) is 25.7 Å². The van der Waals surface area contributed by atoms with Crippen LogP contribution in [0.25, 0.3) is 0 Å². The molecule has 1 fully saturated rings. The molecule has 0 radical (unpaired) electrons. The molecule has 1 aliphatic rings. The predicted molar refractivity (Wildman–Crippen MR) is 73.4 cm³/mol. The summed E-state index contributed by atoms with van der Waals surface area (Å²) in [6, 6.07) is 2.12. The second-order valence-corrected chi connectivity index (χ2v) is 5.40. The van der Waals surface area contributed by atoms with Gasteiger partial charge in [-0.1, -0.05) is 6.92 Å². The standard InChI is InChI=1S/C14H30N2O/c1-5-8-15-12(2)11-13(3)16(9-10-17-4)14-6-7-14/h12-15H,5-11H2,1-4H3. The van der Waals surface area contributed by atoms with E-state index >= 15 is 0 Å². The van der Waals surface area contributed by atoms with Gasteiger partial charge in [0, 0.05) is 31.8 Å². The van der Waals surface area contributed by atoms with Crippen molar-refractivity contribution in [3.05, 3.63) is 0 Å². The third kappa shape index (κ3) is 5.84. The van der Waals surface area contributed by atoms with Crippen molar-refractivity contribution in [3.8, 4) is 0 Å². The minimum absolute atomic E-state index is 0.619. The molecule has 1 saturated carbocycles. The Morgan fingerprint density at radius 1 is 1.35 bits per heavy atom. The van der Waals surface area contributed by atoms with Crippen molar-refractivity contribution in [2.24, 2.45) is 0 Å². The van der Waals surface area contributed by atoms with Crippen molar-refractivity contribution < 1.29 is 4.74 Å². The molecule has 2 atom stereocenters. The molecule has 0 heterocycles. The molecule has 0 aromatic carbocycles. The molecule has 0 aromatic heterocycles. The van der Waals surface area contributed by atoms with Gasteiger partial charge in [-0.2, -0.15) is 0 Å². The number of hydrogen-bond acceptors (Lipinski definition) is 3. The number of nitrogens with zero attached hydrogens (tertiary/aromatic N) is 1. The van der Waals surface area contributed by atoms with Crippen LogP contribution in [-0.2, 0) is 4.74 Å². The van der Waals surface area contributed by atoms with Crippen LogP contribution in [0.15, 0.2) is 0 Å². The highest BCUT2D eigenvalue weighted by Gasteiger charge is 2.32. The summed E-state index contributed by atoms with van der Waals surface area (Å²) in [6.45, 7) is 9.96. The van der Waals surface area contributed by atoms with E-state index in [4.69, 9.17) is 4.74 Å². The lowest BCUT2D eigenvalue weighted by molar-refractivity contribution is 0.112. The van der Waals surface area contributed by atoms with Gasteiger partial charge in [-0.25, -0.2) is 0 Å². The molecular formula is C14H30N2O. The molecule has 1 aliphatic carbocycles. The van der Waals surface area contributed by atoms with Gasteiger partial charge in [-0.15, -0.1) is 0 Å². The van der Waals surface area contributed by atoms with E-state index in [9.17, 15) is 0 Å². The van der Waals surface area contributed by atoms with Gasteiger partial charge in [0.25, 0.3) is 0 Å². The molecule has 102 valence electrons. The molecule has 0 aromatic rings. The van der Waals surface area contributed by atoms with Gasteiger partial charge in [-0.05, 0) is 46.1 Å². The summed E-state index contributed by atoms with van der Waals surface area (Å²) in [6.07, 6.45) is 5.21. The maximum atomic E-state index is 5.21. The van der Waals surface area contributed by atoms with Crippen molar-refractivity contribution in [1.29, 1.82) is 0 Å². The summed E-state index contributed by atoms with van der Waals surface area (Å²) in [7, 11) is 1.79. The van der Waals surface area contributed by atoms with Crippen LogP contribution in [0.3, 0.4) is 0 Å². The minimum atomic E-state index is 0.619. The monoisotopic (exact) mass is 242 g/mol. The molecule has 0 aliphatic heterocycles. The molecule has 0 bridgehead atoms. The average molecular weight is 242 g/mol. The maximum absolute atomic E-state index is 5.21. The zero-order chi connectivity index (χ0) is 12.7. The summed E-state index contributed by atoms with van der Waals surface area (Å²) < 4.78 is 5.21. The quantitative estimate of drug-likeness (QED) is 0.636. The van der Waals surface area contributed by atoms with E-state index in [0.29, 0.717) is 12.1 Å². The summed E-state index contributed by atoms with van der Waals surface area (Å²) in [5.74, 6) is 0. The first-order chi connectivity index (χ1) is 8.19. The third-order valence-electron chi connectivity index (χ3n) is 3.57. The predicted octanol–water partition coefficient (Wildman–Crippen LogP) is 2.26. The molecule has 0 amide bonds. The zero-order valence-electron chi connectivity index (χ0n) is 12.0. The van der Waals surface area contributed by atoms with E-state index in [2.05, 4.69) is 31.0 Å². The number of rotatable bonds is 10. The molecule has 1 rings (SSSR count). The fourth-order valence-corrected chi connectivity index (χ4v) is 2.49.